The highest BCUT2D eigenvalue weighted by Crippen LogP contribution is 2.45. The maximum atomic E-state index is 11.6. The van der Waals surface area contributed by atoms with Gasteiger partial charge in [-0.2, -0.15) is 0 Å². The number of benzene rings is 1. The van der Waals surface area contributed by atoms with E-state index in [4.69, 9.17) is 4.74 Å². The fraction of sp³-hybridized carbons (Fsp3) is 0.524. The molecule has 4 atom stereocenters. The molecule has 0 N–H and O–H groups in total. The molecule has 0 radical (unpaired) electrons. The number of hydrogen-bond acceptors (Lipinski definition) is 4. The van der Waals surface area contributed by atoms with Gasteiger partial charge in [0.05, 0.1) is 5.92 Å². The third-order valence-electron chi connectivity index (χ3n) is 5.54. The second kappa shape index (κ2) is 8.32. The zero-order chi connectivity index (χ0) is 17.6. The molecule has 4 rings (SSSR count). The molecule has 0 bridgehead atoms. The Labute approximate surface area is 149 Å². The van der Waals surface area contributed by atoms with Crippen molar-refractivity contribution in [1.82, 2.24) is 0 Å². The van der Waals surface area contributed by atoms with Crippen LogP contribution in [-0.4, -0.2) is 18.5 Å². The van der Waals surface area contributed by atoms with Crippen LogP contribution < -0.4 is 0 Å². The number of carbonyl (C=O) groups is 2. The molecule has 4 unspecified atom stereocenters. The fourth-order valence-corrected chi connectivity index (χ4v) is 4.21. The number of ether oxygens (including phenoxy) is 2. The Kier molecular flexibility index (Phi) is 5.90. The molecule has 0 amide bonds. The SMILES string of the molecule is CC1OC(=O)C2C=C3CCCCC3CC12.O=COCc1ccccc1. The Bertz CT molecular complexity index is 622. The molecule has 2 aliphatic carbocycles. The Morgan fingerprint density at radius 3 is 2.80 bits per heavy atom. The van der Waals surface area contributed by atoms with Gasteiger partial charge in [0.1, 0.15) is 12.7 Å². The first-order valence-corrected chi connectivity index (χ1v) is 9.19. The number of hydrogen-bond donors (Lipinski definition) is 0. The van der Waals surface area contributed by atoms with Crippen molar-refractivity contribution in [3.05, 3.63) is 47.5 Å². The smallest absolute Gasteiger partial charge is 0.313 e. The summed E-state index contributed by atoms with van der Waals surface area (Å²) in [5.74, 6) is 1.33. The molecular weight excluding hydrogens is 316 g/mol. The molecule has 0 aromatic heterocycles. The van der Waals surface area contributed by atoms with Crippen LogP contribution in [-0.2, 0) is 25.7 Å². The molecular formula is C21H26O4. The van der Waals surface area contributed by atoms with E-state index in [1.54, 1.807) is 5.57 Å². The first-order chi connectivity index (χ1) is 12.2. The summed E-state index contributed by atoms with van der Waals surface area (Å²) in [7, 11) is 0. The topological polar surface area (TPSA) is 52.6 Å². The maximum Gasteiger partial charge on any atom is 0.313 e. The average molecular weight is 342 g/mol. The third-order valence-corrected chi connectivity index (χ3v) is 5.54. The summed E-state index contributed by atoms with van der Waals surface area (Å²) in [6, 6.07) is 9.55. The average Bonchev–Trinajstić information content (AvgIpc) is 2.93. The van der Waals surface area contributed by atoms with Crippen LogP contribution in [0.2, 0.25) is 0 Å². The zero-order valence-electron chi connectivity index (χ0n) is 14.7. The molecule has 1 aliphatic heterocycles. The highest BCUT2D eigenvalue weighted by Gasteiger charge is 2.45. The molecule has 134 valence electrons. The lowest BCUT2D eigenvalue weighted by atomic mass is 9.69. The van der Waals surface area contributed by atoms with E-state index in [9.17, 15) is 9.59 Å². The first-order valence-electron chi connectivity index (χ1n) is 9.19. The molecule has 1 aromatic rings. The summed E-state index contributed by atoms with van der Waals surface area (Å²) in [5.41, 5.74) is 2.56. The summed E-state index contributed by atoms with van der Waals surface area (Å²) in [6.07, 6.45) is 8.79. The van der Waals surface area contributed by atoms with Crippen LogP contribution in [0.3, 0.4) is 0 Å². The monoisotopic (exact) mass is 342 g/mol. The Balaban J connectivity index is 0.000000160. The standard InChI is InChI=1S/C13H18O2.C8H8O2/c1-8-11-6-9-4-2-3-5-10(9)7-12(11)13(14)15-8;9-7-10-6-8-4-2-1-3-5-8/h7-9,11-12H,2-6H2,1H3;1-5,7H,6H2. The number of cyclic esters (lactones) is 1. The van der Waals surface area contributed by atoms with Crippen molar-refractivity contribution in [3.8, 4) is 0 Å². The van der Waals surface area contributed by atoms with Gasteiger partial charge in [-0.15, -0.1) is 0 Å². The molecule has 25 heavy (non-hydrogen) atoms. The van der Waals surface area contributed by atoms with Gasteiger partial charge < -0.3 is 9.47 Å². The van der Waals surface area contributed by atoms with Gasteiger partial charge in [0.25, 0.3) is 6.47 Å². The Morgan fingerprint density at radius 2 is 2.04 bits per heavy atom. The highest BCUT2D eigenvalue weighted by atomic mass is 16.6. The predicted molar refractivity (Wildman–Crippen MR) is 94.5 cm³/mol. The summed E-state index contributed by atoms with van der Waals surface area (Å²) >= 11 is 0. The number of esters is 1. The molecule has 3 aliphatic rings. The third kappa shape index (κ3) is 4.30. The summed E-state index contributed by atoms with van der Waals surface area (Å²) in [4.78, 5) is 21.4. The summed E-state index contributed by atoms with van der Waals surface area (Å²) in [6.45, 7) is 2.86. The molecule has 1 heterocycles. The summed E-state index contributed by atoms with van der Waals surface area (Å²) < 4.78 is 9.87. The van der Waals surface area contributed by atoms with Crippen LogP contribution in [0.15, 0.2) is 42.0 Å². The fourth-order valence-electron chi connectivity index (χ4n) is 4.21. The minimum absolute atomic E-state index is 0.0176. The highest BCUT2D eigenvalue weighted by molar-refractivity contribution is 5.77. The van der Waals surface area contributed by atoms with Gasteiger partial charge >= 0.3 is 5.97 Å². The van der Waals surface area contributed by atoms with Crippen LogP contribution >= 0.6 is 0 Å². The van der Waals surface area contributed by atoms with Crippen LogP contribution in [0, 0.1) is 17.8 Å². The normalized spacial score (nSPS) is 30.0. The first kappa shape index (κ1) is 17.7. The van der Waals surface area contributed by atoms with E-state index in [-0.39, 0.29) is 18.0 Å². The minimum atomic E-state index is 0.0176. The lowest BCUT2D eigenvalue weighted by Gasteiger charge is -2.34. The second-order valence-corrected chi connectivity index (χ2v) is 7.14. The number of fused-ring (bicyclic) bond motifs is 2. The molecule has 0 spiro atoms. The van der Waals surface area contributed by atoms with Crippen molar-refractivity contribution in [2.75, 3.05) is 0 Å². The van der Waals surface area contributed by atoms with E-state index in [1.807, 2.05) is 37.3 Å². The van der Waals surface area contributed by atoms with Crippen molar-refractivity contribution in [3.63, 3.8) is 0 Å². The van der Waals surface area contributed by atoms with Crippen LogP contribution in [0.1, 0.15) is 44.6 Å². The van der Waals surface area contributed by atoms with E-state index < -0.39 is 0 Å². The largest absolute Gasteiger partial charge is 0.463 e. The lowest BCUT2D eigenvalue weighted by molar-refractivity contribution is -0.142. The van der Waals surface area contributed by atoms with Crippen molar-refractivity contribution in [2.45, 2.75) is 51.7 Å². The Hall–Kier alpha value is -2.10. The van der Waals surface area contributed by atoms with E-state index in [0.29, 0.717) is 19.0 Å². The molecule has 1 aromatic carbocycles. The van der Waals surface area contributed by atoms with Crippen molar-refractivity contribution in [2.24, 2.45) is 17.8 Å². The number of carbonyl (C=O) groups excluding carboxylic acids is 2. The van der Waals surface area contributed by atoms with Gasteiger partial charge in [-0.25, -0.2) is 0 Å². The summed E-state index contributed by atoms with van der Waals surface area (Å²) in [5, 5.41) is 0. The van der Waals surface area contributed by atoms with Crippen LogP contribution in [0.5, 0.6) is 0 Å². The van der Waals surface area contributed by atoms with Gasteiger partial charge in [0.15, 0.2) is 0 Å². The number of rotatable bonds is 3. The van der Waals surface area contributed by atoms with Gasteiger partial charge in [-0.1, -0.05) is 48.4 Å². The molecule has 2 fully saturated rings. The quantitative estimate of drug-likeness (QED) is 0.472. The van der Waals surface area contributed by atoms with Crippen molar-refractivity contribution in [1.29, 1.82) is 0 Å². The predicted octanol–water partition coefficient (Wildman–Crippen LogP) is 4.04. The molecule has 4 nitrogen and oxygen atoms in total. The van der Waals surface area contributed by atoms with Gasteiger partial charge in [-0.05, 0) is 44.1 Å². The minimum Gasteiger partial charge on any atom is -0.463 e. The zero-order valence-corrected chi connectivity index (χ0v) is 14.7. The van der Waals surface area contributed by atoms with Gasteiger partial charge in [-0.3, -0.25) is 9.59 Å². The maximum absolute atomic E-state index is 11.6. The van der Waals surface area contributed by atoms with E-state index in [1.165, 1.54) is 32.1 Å². The molecule has 1 saturated heterocycles. The van der Waals surface area contributed by atoms with Crippen molar-refractivity contribution >= 4 is 12.4 Å². The Morgan fingerprint density at radius 1 is 1.24 bits per heavy atom. The number of allylic oxidation sites excluding steroid dienone is 1. The van der Waals surface area contributed by atoms with Gasteiger partial charge in [0, 0.05) is 5.92 Å². The van der Waals surface area contributed by atoms with E-state index in [0.717, 1.165) is 11.5 Å². The van der Waals surface area contributed by atoms with Crippen LogP contribution in [0.4, 0.5) is 0 Å². The molecule has 1 saturated carbocycles. The van der Waals surface area contributed by atoms with Gasteiger partial charge in [0.2, 0.25) is 0 Å². The molecule has 4 heteroatoms. The van der Waals surface area contributed by atoms with E-state index >= 15 is 0 Å². The second-order valence-electron chi connectivity index (χ2n) is 7.14. The van der Waals surface area contributed by atoms with E-state index in [2.05, 4.69) is 10.8 Å². The van der Waals surface area contributed by atoms with Crippen molar-refractivity contribution < 1.29 is 19.1 Å². The lowest BCUT2D eigenvalue weighted by Crippen LogP contribution is -2.28. The van der Waals surface area contributed by atoms with Crippen LogP contribution in [0.25, 0.3) is 0 Å².